The molecule has 7 nitrogen and oxygen atoms in total. The Balaban J connectivity index is 2.03. The van der Waals surface area contributed by atoms with Gasteiger partial charge < -0.3 is 9.64 Å². The molecular weight excluding hydrogens is 344 g/mol. The van der Waals surface area contributed by atoms with Crippen molar-refractivity contribution >= 4 is 21.9 Å². The van der Waals surface area contributed by atoms with E-state index < -0.39 is 22.0 Å². The number of nitrogens with one attached hydrogen (secondary N) is 1. The number of rotatable bonds is 7. The van der Waals surface area contributed by atoms with Crippen molar-refractivity contribution in [2.75, 3.05) is 19.7 Å². The lowest BCUT2D eigenvalue weighted by atomic mass is 10.1. The summed E-state index contributed by atoms with van der Waals surface area (Å²) in [6.07, 6.45) is 1.86. The molecule has 0 radical (unpaired) electrons. The van der Waals surface area contributed by atoms with Crippen molar-refractivity contribution in [3.8, 4) is 0 Å². The van der Waals surface area contributed by atoms with Gasteiger partial charge in [-0.2, -0.15) is 0 Å². The van der Waals surface area contributed by atoms with E-state index in [9.17, 15) is 18.0 Å². The van der Waals surface area contributed by atoms with Crippen LogP contribution >= 0.6 is 0 Å². The van der Waals surface area contributed by atoms with Crippen molar-refractivity contribution in [2.24, 2.45) is 0 Å². The van der Waals surface area contributed by atoms with E-state index in [1.807, 2.05) is 6.07 Å². The zero-order valence-corrected chi connectivity index (χ0v) is 15.1. The number of likely N-dealkylation sites (tertiary alicyclic amines) is 1. The summed E-state index contributed by atoms with van der Waals surface area (Å²) in [6.45, 7) is 2.22. The number of hydrogen-bond donors (Lipinski definition) is 1. The first-order valence-electron chi connectivity index (χ1n) is 8.39. The molecule has 1 aliphatic heterocycles. The van der Waals surface area contributed by atoms with Gasteiger partial charge in [0.1, 0.15) is 12.6 Å². The van der Waals surface area contributed by atoms with Crippen molar-refractivity contribution in [2.45, 2.75) is 38.0 Å². The normalized spacial score (nSPS) is 18.7. The van der Waals surface area contributed by atoms with Crippen molar-refractivity contribution < 1.29 is 22.7 Å². The molecule has 1 aliphatic rings. The molecule has 25 heavy (non-hydrogen) atoms. The number of amides is 1. The van der Waals surface area contributed by atoms with Crippen LogP contribution in [0.2, 0.25) is 0 Å². The van der Waals surface area contributed by atoms with Crippen LogP contribution in [-0.2, 0) is 30.1 Å². The molecule has 0 aliphatic carbocycles. The summed E-state index contributed by atoms with van der Waals surface area (Å²) in [7, 11) is -3.66. The lowest BCUT2D eigenvalue weighted by Crippen LogP contribution is -2.49. The molecular formula is C17H24N2O5S. The first kappa shape index (κ1) is 19.4. The van der Waals surface area contributed by atoms with Gasteiger partial charge in [0, 0.05) is 6.54 Å². The molecule has 0 spiro atoms. The van der Waals surface area contributed by atoms with Crippen LogP contribution in [0.15, 0.2) is 30.3 Å². The molecule has 8 heteroatoms. The summed E-state index contributed by atoms with van der Waals surface area (Å²) >= 11 is 0. The van der Waals surface area contributed by atoms with Crippen molar-refractivity contribution in [1.29, 1.82) is 0 Å². The van der Waals surface area contributed by atoms with E-state index in [0.29, 0.717) is 24.9 Å². The summed E-state index contributed by atoms with van der Waals surface area (Å²) in [4.78, 5) is 25.6. The molecule has 0 saturated carbocycles. The molecule has 138 valence electrons. The number of hydrogen-bond acceptors (Lipinski definition) is 5. The zero-order valence-electron chi connectivity index (χ0n) is 14.3. The Kier molecular flexibility index (Phi) is 6.95. The topological polar surface area (TPSA) is 92.8 Å². The minimum atomic E-state index is -3.66. The lowest BCUT2D eigenvalue weighted by molar-refractivity contribution is -0.149. The molecule has 1 aromatic rings. The van der Waals surface area contributed by atoms with Gasteiger partial charge >= 0.3 is 5.97 Å². The predicted octanol–water partition coefficient (Wildman–Crippen LogP) is 1.05. The fourth-order valence-corrected chi connectivity index (χ4v) is 4.15. The van der Waals surface area contributed by atoms with Crippen LogP contribution in [0.25, 0.3) is 0 Å². The monoisotopic (exact) mass is 368 g/mol. The molecule has 1 atom stereocenters. The molecule has 2 rings (SSSR count). The fraction of sp³-hybridized carbons (Fsp3) is 0.529. The van der Waals surface area contributed by atoms with Gasteiger partial charge in [-0.3, -0.25) is 9.59 Å². The second-order valence-electron chi connectivity index (χ2n) is 5.98. The zero-order chi connectivity index (χ0) is 18.3. The first-order valence-corrected chi connectivity index (χ1v) is 10.0. The average molecular weight is 368 g/mol. The first-order chi connectivity index (χ1) is 11.9. The number of carbonyl (C=O) groups is 2. The number of ether oxygens (including phenoxy) is 1. The van der Waals surface area contributed by atoms with E-state index in [-0.39, 0.29) is 24.8 Å². The Labute approximate surface area is 148 Å². The van der Waals surface area contributed by atoms with E-state index in [4.69, 9.17) is 4.74 Å². The number of benzene rings is 1. The van der Waals surface area contributed by atoms with Gasteiger partial charge in [0.15, 0.2) is 0 Å². The largest absolute Gasteiger partial charge is 0.465 e. The second-order valence-corrected chi connectivity index (χ2v) is 7.73. The van der Waals surface area contributed by atoms with Gasteiger partial charge in [-0.1, -0.05) is 30.3 Å². The maximum Gasteiger partial charge on any atom is 0.325 e. The summed E-state index contributed by atoms with van der Waals surface area (Å²) in [5.74, 6) is -1.04. The lowest BCUT2D eigenvalue weighted by Gasteiger charge is -2.24. The smallest absolute Gasteiger partial charge is 0.325 e. The Morgan fingerprint density at radius 2 is 2.00 bits per heavy atom. The quantitative estimate of drug-likeness (QED) is 0.726. The van der Waals surface area contributed by atoms with Crippen LogP contribution in [0.1, 0.15) is 31.7 Å². The highest BCUT2D eigenvalue weighted by molar-refractivity contribution is 7.88. The van der Waals surface area contributed by atoms with Gasteiger partial charge in [-0.25, -0.2) is 13.1 Å². The molecule has 1 fully saturated rings. The number of esters is 1. The Bertz CT molecular complexity index is 690. The Morgan fingerprint density at radius 1 is 1.28 bits per heavy atom. The maximum atomic E-state index is 12.6. The molecule has 1 heterocycles. The number of nitrogens with zero attached hydrogens (tertiary/aromatic N) is 1. The third-order valence-electron chi connectivity index (χ3n) is 3.93. The Morgan fingerprint density at radius 3 is 2.68 bits per heavy atom. The maximum absolute atomic E-state index is 12.6. The van der Waals surface area contributed by atoms with Gasteiger partial charge in [0.05, 0.1) is 12.4 Å². The standard InChI is InChI=1S/C17H24N2O5S/c1-2-24-16(20)12-19-11-7-6-10-15(17(19)21)18-25(22,23)13-14-8-4-3-5-9-14/h3-5,8-9,15,18H,2,6-7,10-13H2,1H3/t15-/m0/s1. The van der Waals surface area contributed by atoms with E-state index in [0.717, 1.165) is 6.42 Å². The van der Waals surface area contributed by atoms with E-state index in [1.54, 1.807) is 31.2 Å². The molecule has 0 aromatic heterocycles. The third kappa shape index (κ3) is 6.13. The van der Waals surface area contributed by atoms with E-state index in [1.165, 1.54) is 4.90 Å². The van der Waals surface area contributed by atoms with Crippen LogP contribution in [0.5, 0.6) is 0 Å². The van der Waals surface area contributed by atoms with Gasteiger partial charge in [0.2, 0.25) is 15.9 Å². The summed E-state index contributed by atoms with van der Waals surface area (Å²) < 4.78 is 32.1. The van der Waals surface area contributed by atoms with Crippen LogP contribution < -0.4 is 4.72 Å². The van der Waals surface area contributed by atoms with Crippen molar-refractivity contribution in [1.82, 2.24) is 9.62 Å². The molecule has 1 saturated heterocycles. The molecule has 0 unspecified atom stereocenters. The van der Waals surface area contributed by atoms with Crippen LogP contribution in [-0.4, -0.2) is 50.9 Å². The van der Waals surface area contributed by atoms with E-state index >= 15 is 0 Å². The molecule has 1 N–H and O–H groups in total. The summed E-state index contributed by atoms with van der Waals surface area (Å²) in [6, 6.07) is 7.95. The molecule has 0 bridgehead atoms. The van der Waals surface area contributed by atoms with Crippen LogP contribution in [0, 0.1) is 0 Å². The fourth-order valence-electron chi connectivity index (χ4n) is 2.79. The number of carbonyl (C=O) groups excluding carboxylic acids is 2. The SMILES string of the molecule is CCOC(=O)CN1CCCC[C@H](NS(=O)(=O)Cc2ccccc2)C1=O. The molecule has 1 aromatic carbocycles. The van der Waals surface area contributed by atoms with Crippen molar-refractivity contribution in [3.63, 3.8) is 0 Å². The van der Waals surface area contributed by atoms with Crippen LogP contribution in [0.4, 0.5) is 0 Å². The molecule has 1 amide bonds. The minimum Gasteiger partial charge on any atom is -0.465 e. The van der Waals surface area contributed by atoms with Crippen molar-refractivity contribution in [3.05, 3.63) is 35.9 Å². The summed E-state index contributed by atoms with van der Waals surface area (Å²) in [5.41, 5.74) is 0.652. The predicted molar refractivity (Wildman–Crippen MR) is 93.1 cm³/mol. The average Bonchev–Trinajstić information content (AvgIpc) is 2.71. The van der Waals surface area contributed by atoms with E-state index in [2.05, 4.69) is 4.72 Å². The highest BCUT2D eigenvalue weighted by Gasteiger charge is 2.31. The van der Waals surface area contributed by atoms with Gasteiger partial charge in [0.25, 0.3) is 0 Å². The highest BCUT2D eigenvalue weighted by atomic mass is 32.2. The Hall–Kier alpha value is -1.93. The third-order valence-corrected chi connectivity index (χ3v) is 5.28. The highest BCUT2D eigenvalue weighted by Crippen LogP contribution is 2.14. The summed E-state index contributed by atoms with van der Waals surface area (Å²) in [5, 5.41) is 0. The second kappa shape index (κ2) is 8.96. The van der Waals surface area contributed by atoms with Gasteiger partial charge in [-0.15, -0.1) is 0 Å². The minimum absolute atomic E-state index is 0.149. The van der Waals surface area contributed by atoms with Crippen LogP contribution in [0.3, 0.4) is 0 Å². The number of sulfonamides is 1. The van der Waals surface area contributed by atoms with Gasteiger partial charge in [-0.05, 0) is 31.7 Å².